The van der Waals surface area contributed by atoms with Crippen LogP contribution in [-0.4, -0.2) is 12.0 Å². The van der Waals surface area contributed by atoms with Crippen molar-refractivity contribution in [3.8, 4) is 10.8 Å². The minimum Gasteiger partial charge on any atom is -0.458 e. The minimum absolute atomic E-state index is 0.639. The lowest BCUT2D eigenvalue weighted by molar-refractivity contribution is 0.518. The van der Waals surface area contributed by atoms with Gasteiger partial charge in [0.15, 0.2) is 10.8 Å². The van der Waals surface area contributed by atoms with Gasteiger partial charge in [-0.2, -0.15) is 0 Å². The summed E-state index contributed by atoms with van der Waals surface area (Å²) in [7, 11) is 1.94. The van der Waals surface area contributed by atoms with Crippen molar-refractivity contribution in [3.63, 3.8) is 0 Å². The second-order valence-electron chi connectivity index (χ2n) is 4.68. The van der Waals surface area contributed by atoms with E-state index in [-0.39, 0.29) is 0 Å². The molecule has 2 atom stereocenters. The molecule has 17 heavy (non-hydrogen) atoms. The Hall–Kier alpha value is -1.13. The van der Waals surface area contributed by atoms with Crippen molar-refractivity contribution in [2.75, 3.05) is 7.05 Å². The smallest absolute Gasteiger partial charge is 0.162 e. The zero-order valence-electron chi connectivity index (χ0n) is 10.1. The molecule has 0 spiro atoms. The Morgan fingerprint density at radius 1 is 1.53 bits per heavy atom. The molecule has 1 N–H and O–H groups in total. The van der Waals surface area contributed by atoms with Gasteiger partial charge in [-0.05, 0) is 31.5 Å². The topological polar surface area (TPSA) is 38.1 Å². The summed E-state index contributed by atoms with van der Waals surface area (Å²) in [5.41, 5.74) is 0. The van der Waals surface area contributed by atoms with Crippen molar-refractivity contribution in [1.82, 2.24) is 10.3 Å². The number of hydrogen-bond acceptors (Lipinski definition) is 4. The van der Waals surface area contributed by atoms with Crippen LogP contribution in [0.2, 0.25) is 0 Å². The maximum Gasteiger partial charge on any atom is 0.162 e. The molecule has 3 nitrogen and oxygen atoms in total. The van der Waals surface area contributed by atoms with Crippen LogP contribution < -0.4 is 5.32 Å². The van der Waals surface area contributed by atoms with Gasteiger partial charge >= 0.3 is 0 Å². The molecule has 1 fully saturated rings. The van der Waals surface area contributed by atoms with E-state index in [2.05, 4.69) is 23.3 Å². The lowest BCUT2D eigenvalue weighted by atomic mass is 10.3. The summed E-state index contributed by atoms with van der Waals surface area (Å²) in [5.74, 6) is 3.45. The summed E-state index contributed by atoms with van der Waals surface area (Å²) in [6.07, 6.45) is 3.17. The van der Waals surface area contributed by atoms with Gasteiger partial charge < -0.3 is 9.73 Å². The van der Waals surface area contributed by atoms with Gasteiger partial charge in [0.25, 0.3) is 0 Å². The van der Waals surface area contributed by atoms with Crippen molar-refractivity contribution in [2.24, 2.45) is 5.92 Å². The molecule has 0 saturated heterocycles. The predicted molar refractivity (Wildman–Crippen MR) is 69.1 cm³/mol. The van der Waals surface area contributed by atoms with E-state index in [0.29, 0.717) is 5.92 Å². The van der Waals surface area contributed by atoms with Crippen LogP contribution in [0.3, 0.4) is 0 Å². The highest BCUT2D eigenvalue weighted by molar-refractivity contribution is 7.14. The molecule has 4 heteroatoms. The Morgan fingerprint density at radius 2 is 2.35 bits per heavy atom. The largest absolute Gasteiger partial charge is 0.458 e. The minimum atomic E-state index is 0.639. The lowest BCUT2D eigenvalue weighted by Gasteiger charge is -1.92. The summed E-state index contributed by atoms with van der Waals surface area (Å²) in [5, 5.41) is 4.11. The molecule has 0 aliphatic heterocycles. The average molecular weight is 248 g/mol. The van der Waals surface area contributed by atoms with Gasteiger partial charge in [-0.3, -0.25) is 0 Å². The van der Waals surface area contributed by atoms with Gasteiger partial charge in [0.2, 0.25) is 0 Å². The fourth-order valence-electron chi connectivity index (χ4n) is 2.06. The second kappa shape index (κ2) is 4.27. The third kappa shape index (κ3) is 2.15. The molecule has 0 bridgehead atoms. The Labute approximate surface area is 105 Å². The first kappa shape index (κ1) is 11.0. The zero-order valence-corrected chi connectivity index (χ0v) is 10.9. The number of nitrogens with zero attached hydrogens (tertiary/aromatic N) is 1. The summed E-state index contributed by atoms with van der Waals surface area (Å²) in [6.45, 7) is 3.13. The lowest BCUT2D eigenvalue weighted by Crippen LogP contribution is -2.02. The van der Waals surface area contributed by atoms with E-state index in [9.17, 15) is 0 Å². The quantitative estimate of drug-likeness (QED) is 0.902. The maximum atomic E-state index is 5.88. The summed E-state index contributed by atoms with van der Waals surface area (Å²) in [6, 6.07) is 4.14. The molecule has 0 radical (unpaired) electrons. The standard InChI is InChI=1S/C13H16N2OS/c1-8-5-10(8)11-3-4-12(16-11)13-15-7-9(17-13)6-14-2/h3-4,7-8,10,14H,5-6H2,1-2H3. The summed E-state index contributed by atoms with van der Waals surface area (Å²) in [4.78, 5) is 5.64. The Morgan fingerprint density at radius 3 is 3.06 bits per heavy atom. The van der Waals surface area contributed by atoms with E-state index in [1.54, 1.807) is 11.3 Å². The van der Waals surface area contributed by atoms with Gasteiger partial charge in [-0.25, -0.2) is 4.98 Å². The second-order valence-corrected chi connectivity index (χ2v) is 5.80. The third-order valence-corrected chi connectivity index (χ3v) is 4.23. The molecule has 1 aliphatic carbocycles. The third-order valence-electron chi connectivity index (χ3n) is 3.22. The van der Waals surface area contributed by atoms with Crippen LogP contribution in [0.15, 0.2) is 22.7 Å². The SMILES string of the molecule is CNCc1cnc(-c2ccc(C3CC3C)o2)s1. The first-order chi connectivity index (χ1) is 8.28. The van der Waals surface area contributed by atoms with E-state index >= 15 is 0 Å². The van der Waals surface area contributed by atoms with Crippen LogP contribution in [-0.2, 0) is 6.54 Å². The number of furan rings is 1. The fraction of sp³-hybridized carbons (Fsp3) is 0.462. The normalized spacial score (nSPS) is 22.9. The molecule has 0 aromatic carbocycles. The Bertz CT molecular complexity index is 517. The molecule has 1 saturated carbocycles. The van der Waals surface area contributed by atoms with E-state index in [4.69, 9.17) is 4.42 Å². The van der Waals surface area contributed by atoms with E-state index in [1.807, 2.05) is 19.3 Å². The first-order valence-electron chi connectivity index (χ1n) is 5.97. The van der Waals surface area contributed by atoms with Gasteiger partial charge in [0, 0.05) is 23.5 Å². The van der Waals surface area contributed by atoms with Crippen molar-refractivity contribution in [1.29, 1.82) is 0 Å². The molecule has 2 aromatic rings. The molecule has 2 unspecified atom stereocenters. The van der Waals surface area contributed by atoms with E-state index < -0.39 is 0 Å². The van der Waals surface area contributed by atoms with Crippen molar-refractivity contribution in [2.45, 2.75) is 25.8 Å². The van der Waals surface area contributed by atoms with Gasteiger partial charge in [-0.15, -0.1) is 11.3 Å². The van der Waals surface area contributed by atoms with E-state index in [0.717, 1.165) is 29.0 Å². The van der Waals surface area contributed by atoms with Crippen molar-refractivity contribution >= 4 is 11.3 Å². The average Bonchev–Trinajstić information content (AvgIpc) is 2.77. The number of hydrogen-bond donors (Lipinski definition) is 1. The highest BCUT2D eigenvalue weighted by Gasteiger charge is 2.36. The number of rotatable bonds is 4. The molecular weight excluding hydrogens is 232 g/mol. The molecule has 2 aromatic heterocycles. The molecule has 0 amide bonds. The Kier molecular flexibility index (Phi) is 2.76. The van der Waals surface area contributed by atoms with Crippen LogP contribution >= 0.6 is 11.3 Å². The van der Waals surface area contributed by atoms with Gasteiger partial charge in [0.05, 0.1) is 0 Å². The molecular formula is C13H16N2OS. The zero-order chi connectivity index (χ0) is 11.8. The fourth-order valence-corrected chi connectivity index (χ4v) is 2.95. The van der Waals surface area contributed by atoms with Gasteiger partial charge in [-0.1, -0.05) is 6.92 Å². The van der Waals surface area contributed by atoms with Gasteiger partial charge in [0.1, 0.15) is 5.76 Å². The first-order valence-corrected chi connectivity index (χ1v) is 6.79. The van der Waals surface area contributed by atoms with Crippen LogP contribution in [0.5, 0.6) is 0 Å². The maximum absolute atomic E-state index is 5.88. The molecule has 3 rings (SSSR count). The molecule has 2 heterocycles. The number of thiazole rings is 1. The molecule has 90 valence electrons. The van der Waals surface area contributed by atoms with Crippen molar-refractivity contribution in [3.05, 3.63) is 29.0 Å². The van der Waals surface area contributed by atoms with Crippen LogP contribution in [0.4, 0.5) is 0 Å². The number of nitrogens with one attached hydrogen (secondary N) is 1. The molecule has 1 aliphatic rings. The monoisotopic (exact) mass is 248 g/mol. The highest BCUT2D eigenvalue weighted by Crippen LogP contribution is 2.48. The Balaban J connectivity index is 1.80. The van der Waals surface area contributed by atoms with Crippen molar-refractivity contribution < 1.29 is 4.42 Å². The van der Waals surface area contributed by atoms with E-state index in [1.165, 1.54) is 11.3 Å². The van der Waals surface area contributed by atoms with Crippen LogP contribution in [0.25, 0.3) is 10.8 Å². The number of aromatic nitrogens is 1. The highest BCUT2D eigenvalue weighted by atomic mass is 32.1. The van der Waals surface area contributed by atoms with Crippen LogP contribution in [0.1, 0.15) is 29.9 Å². The predicted octanol–water partition coefficient (Wildman–Crippen LogP) is 3.25. The summed E-state index contributed by atoms with van der Waals surface area (Å²) < 4.78 is 5.88. The van der Waals surface area contributed by atoms with Crippen LogP contribution in [0, 0.1) is 5.92 Å². The summed E-state index contributed by atoms with van der Waals surface area (Å²) >= 11 is 1.69.